The lowest BCUT2D eigenvalue weighted by Gasteiger charge is -2.11. The van der Waals surface area contributed by atoms with E-state index in [1.165, 1.54) is 7.11 Å². The van der Waals surface area contributed by atoms with Crippen LogP contribution < -0.4 is 4.74 Å². The van der Waals surface area contributed by atoms with Crippen LogP contribution in [0.15, 0.2) is 18.2 Å². The second-order valence-electron chi connectivity index (χ2n) is 3.87. The normalized spacial score (nSPS) is 17.9. The molecule has 1 saturated carbocycles. The Morgan fingerprint density at radius 3 is 2.71 bits per heavy atom. The van der Waals surface area contributed by atoms with E-state index in [9.17, 15) is 10.2 Å². The van der Waals surface area contributed by atoms with Gasteiger partial charge in [-0.15, -0.1) is 0 Å². The highest BCUT2D eigenvalue weighted by Crippen LogP contribution is 2.41. The molecule has 0 spiro atoms. The van der Waals surface area contributed by atoms with Crippen LogP contribution in [0.3, 0.4) is 0 Å². The zero-order valence-corrected chi connectivity index (χ0v) is 8.16. The number of aromatic hydroxyl groups is 1. The van der Waals surface area contributed by atoms with Gasteiger partial charge in [0.15, 0.2) is 11.5 Å². The molecule has 1 aliphatic carbocycles. The van der Waals surface area contributed by atoms with E-state index in [4.69, 9.17) is 4.74 Å². The van der Waals surface area contributed by atoms with E-state index in [0.717, 1.165) is 18.4 Å². The van der Waals surface area contributed by atoms with Crippen LogP contribution in [0.2, 0.25) is 0 Å². The molecule has 0 aromatic heterocycles. The molecular formula is C11H14O3. The van der Waals surface area contributed by atoms with E-state index < -0.39 is 5.60 Å². The maximum Gasteiger partial charge on any atom is 0.161 e. The molecule has 1 aliphatic rings. The number of phenolic OH excluding ortho intramolecular Hbond substituents is 1. The van der Waals surface area contributed by atoms with Crippen LogP contribution >= 0.6 is 0 Å². The summed E-state index contributed by atoms with van der Waals surface area (Å²) in [7, 11) is 1.52. The van der Waals surface area contributed by atoms with Crippen molar-refractivity contribution in [3.8, 4) is 11.5 Å². The van der Waals surface area contributed by atoms with Gasteiger partial charge in [-0.1, -0.05) is 12.1 Å². The van der Waals surface area contributed by atoms with Gasteiger partial charge < -0.3 is 14.9 Å². The van der Waals surface area contributed by atoms with Gasteiger partial charge in [-0.25, -0.2) is 0 Å². The molecule has 2 N–H and O–H groups in total. The number of hydrogen-bond acceptors (Lipinski definition) is 3. The van der Waals surface area contributed by atoms with Gasteiger partial charge in [0.1, 0.15) is 0 Å². The predicted octanol–water partition coefficient (Wildman–Crippen LogP) is 1.47. The van der Waals surface area contributed by atoms with Gasteiger partial charge in [-0.3, -0.25) is 0 Å². The Bertz CT molecular complexity index is 342. The van der Waals surface area contributed by atoms with Crippen molar-refractivity contribution in [1.82, 2.24) is 0 Å². The molecule has 0 aliphatic heterocycles. The van der Waals surface area contributed by atoms with Gasteiger partial charge in [0.05, 0.1) is 12.7 Å². The quantitative estimate of drug-likeness (QED) is 0.766. The minimum atomic E-state index is -0.580. The van der Waals surface area contributed by atoms with E-state index in [1.807, 2.05) is 12.1 Å². The number of rotatable bonds is 3. The van der Waals surface area contributed by atoms with Crippen LogP contribution in [-0.2, 0) is 6.42 Å². The van der Waals surface area contributed by atoms with Crippen molar-refractivity contribution in [1.29, 1.82) is 0 Å². The highest BCUT2D eigenvalue weighted by Gasteiger charge is 2.40. The third-order valence-electron chi connectivity index (χ3n) is 2.65. The Kier molecular flexibility index (Phi) is 2.11. The maximum atomic E-state index is 9.74. The summed E-state index contributed by atoms with van der Waals surface area (Å²) in [4.78, 5) is 0. The smallest absolute Gasteiger partial charge is 0.161 e. The standard InChI is InChI=1S/C11H14O3/c1-14-9-4-2-3-8(10(9)12)7-11(13)5-6-11/h2-4,12-13H,5-7H2,1H3. The van der Waals surface area contributed by atoms with Crippen molar-refractivity contribution < 1.29 is 14.9 Å². The summed E-state index contributed by atoms with van der Waals surface area (Å²) >= 11 is 0. The minimum absolute atomic E-state index is 0.148. The monoisotopic (exact) mass is 194 g/mol. The summed E-state index contributed by atoms with van der Waals surface area (Å²) in [5.74, 6) is 0.613. The fourth-order valence-corrected chi connectivity index (χ4v) is 1.55. The van der Waals surface area contributed by atoms with Gasteiger partial charge >= 0.3 is 0 Å². The van der Waals surface area contributed by atoms with Crippen LogP contribution in [0.1, 0.15) is 18.4 Å². The molecule has 1 aromatic rings. The van der Waals surface area contributed by atoms with Crippen LogP contribution in [0.5, 0.6) is 11.5 Å². The van der Waals surface area contributed by atoms with Crippen LogP contribution in [0.4, 0.5) is 0 Å². The molecule has 0 amide bonds. The summed E-state index contributed by atoms with van der Waals surface area (Å²) in [6, 6.07) is 5.34. The molecule has 1 fully saturated rings. The fourth-order valence-electron chi connectivity index (χ4n) is 1.55. The number of methoxy groups -OCH3 is 1. The summed E-state index contributed by atoms with van der Waals surface area (Å²) in [6.45, 7) is 0. The molecule has 76 valence electrons. The summed E-state index contributed by atoms with van der Waals surface area (Å²) in [5, 5.41) is 19.5. The lowest BCUT2D eigenvalue weighted by molar-refractivity contribution is 0.150. The topological polar surface area (TPSA) is 49.7 Å². The van der Waals surface area contributed by atoms with Crippen LogP contribution in [0, 0.1) is 0 Å². The first kappa shape index (κ1) is 9.34. The number of aliphatic hydroxyl groups is 1. The molecule has 2 rings (SSSR count). The molecule has 0 heterocycles. The molecule has 3 heteroatoms. The Hall–Kier alpha value is -1.22. The number of ether oxygens (including phenoxy) is 1. The number of hydrogen-bond donors (Lipinski definition) is 2. The predicted molar refractivity (Wildman–Crippen MR) is 52.5 cm³/mol. The zero-order valence-electron chi connectivity index (χ0n) is 8.16. The minimum Gasteiger partial charge on any atom is -0.504 e. The van der Waals surface area contributed by atoms with Crippen LogP contribution in [-0.4, -0.2) is 22.9 Å². The second-order valence-corrected chi connectivity index (χ2v) is 3.87. The number of phenols is 1. The molecule has 1 aromatic carbocycles. The zero-order chi connectivity index (χ0) is 10.2. The lowest BCUT2D eigenvalue weighted by atomic mass is 10.1. The van der Waals surface area contributed by atoms with Gasteiger partial charge in [-0.05, 0) is 18.9 Å². The largest absolute Gasteiger partial charge is 0.504 e. The van der Waals surface area contributed by atoms with E-state index in [-0.39, 0.29) is 5.75 Å². The van der Waals surface area contributed by atoms with Crippen molar-refractivity contribution in [3.05, 3.63) is 23.8 Å². The first-order valence-corrected chi connectivity index (χ1v) is 4.72. The SMILES string of the molecule is COc1cccc(CC2(O)CC2)c1O. The number of benzene rings is 1. The first-order valence-electron chi connectivity index (χ1n) is 4.72. The van der Waals surface area contributed by atoms with Crippen LogP contribution in [0.25, 0.3) is 0 Å². The van der Waals surface area contributed by atoms with E-state index in [2.05, 4.69) is 0 Å². The molecule has 0 radical (unpaired) electrons. The molecule has 0 bridgehead atoms. The second kappa shape index (κ2) is 3.17. The lowest BCUT2D eigenvalue weighted by Crippen LogP contribution is -2.10. The third kappa shape index (κ3) is 1.68. The van der Waals surface area contributed by atoms with E-state index >= 15 is 0 Å². The highest BCUT2D eigenvalue weighted by atomic mass is 16.5. The average Bonchev–Trinajstić information content (AvgIpc) is 2.88. The summed E-state index contributed by atoms with van der Waals surface area (Å²) < 4.78 is 4.99. The Morgan fingerprint density at radius 2 is 2.14 bits per heavy atom. The fraction of sp³-hybridized carbons (Fsp3) is 0.455. The molecule has 0 atom stereocenters. The molecule has 3 nitrogen and oxygen atoms in total. The van der Waals surface area contributed by atoms with Crippen molar-refractivity contribution in [2.24, 2.45) is 0 Å². The third-order valence-corrected chi connectivity index (χ3v) is 2.65. The van der Waals surface area contributed by atoms with E-state index in [0.29, 0.717) is 12.2 Å². The van der Waals surface area contributed by atoms with Crippen molar-refractivity contribution >= 4 is 0 Å². The Labute approximate surface area is 83.0 Å². The maximum absolute atomic E-state index is 9.74. The van der Waals surface area contributed by atoms with Crippen molar-refractivity contribution in [2.75, 3.05) is 7.11 Å². The molecule has 14 heavy (non-hydrogen) atoms. The van der Waals surface area contributed by atoms with Gasteiger partial charge in [-0.2, -0.15) is 0 Å². The molecule has 0 unspecified atom stereocenters. The van der Waals surface area contributed by atoms with Crippen molar-refractivity contribution in [3.63, 3.8) is 0 Å². The summed E-state index contributed by atoms with van der Waals surface area (Å²) in [6.07, 6.45) is 2.16. The average molecular weight is 194 g/mol. The van der Waals surface area contributed by atoms with Gasteiger partial charge in [0.2, 0.25) is 0 Å². The molecular weight excluding hydrogens is 180 g/mol. The summed E-state index contributed by atoms with van der Waals surface area (Å²) in [5.41, 5.74) is 0.175. The van der Waals surface area contributed by atoms with E-state index in [1.54, 1.807) is 6.07 Å². The molecule has 0 saturated heterocycles. The van der Waals surface area contributed by atoms with Gasteiger partial charge in [0, 0.05) is 12.0 Å². The Balaban J connectivity index is 2.24. The Morgan fingerprint density at radius 1 is 1.43 bits per heavy atom. The number of para-hydroxylation sites is 1. The highest BCUT2D eigenvalue weighted by molar-refractivity contribution is 5.46. The van der Waals surface area contributed by atoms with Crippen molar-refractivity contribution in [2.45, 2.75) is 24.9 Å². The van der Waals surface area contributed by atoms with Gasteiger partial charge in [0.25, 0.3) is 0 Å². The first-order chi connectivity index (χ1) is 6.64.